The van der Waals surface area contributed by atoms with Gasteiger partial charge in [0.25, 0.3) is 0 Å². The molecule has 0 fully saturated rings. The van der Waals surface area contributed by atoms with Crippen LogP contribution in [0.4, 0.5) is 0 Å². The van der Waals surface area contributed by atoms with Crippen molar-refractivity contribution in [1.29, 1.82) is 0 Å². The summed E-state index contributed by atoms with van der Waals surface area (Å²) >= 11 is 0. The Labute approximate surface area is 35.2 Å². The molecule has 1 nitrogen and oxygen atoms in total. The lowest BCUT2D eigenvalue weighted by Gasteiger charge is -2.14. The van der Waals surface area contributed by atoms with E-state index in [-0.39, 0.29) is 0 Å². The molecule has 0 aliphatic carbocycles. The Morgan fingerprint density at radius 1 is 1.40 bits per heavy atom. The van der Waals surface area contributed by atoms with Gasteiger partial charge in [-0.15, -0.1) is 0 Å². The number of hydrogen-bond acceptors (Lipinski definition) is 0. The smallest absolute Gasteiger partial charge is 0.0886 e. The Kier molecular flexibility index (Phi) is 0.618. The molecule has 0 aromatic carbocycles. The molecule has 0 bridgehead atoms. The zero-order valence-electron chi connectivity index (χ0n) is 5.15. The molecule has 0 saturated heterocycles. The summed E-state index contributed by atoms with van der Waals surface area (Å²) in [5.74, 6) is 0. The molecule has 0 rings (SSSR count). The molecule has 1 heteroatoms. The van der Waals surface area contributed by atoms with Crippen LogP contribution in [0.3, 0.4) is 0 Å². The van der Waals surface area contributed by atoms with Gasteiger partial charge in [0.15, 0.2) is 0 Å². The molecule has 0 N–H and O–H groups in total. The lowest BCUT2D eigenvalue weighted by Crippen LogP contribution is -2.27. The van der Waals surface area contributed by atoms with Gasteiger partial charge in [-0.05, 0) is 0 Å². The van der Waals surface area contributed by atoms with E-state index in [4.69, 9.17) is 1.37 Å². The monoisotopic (exact) mass is 75.1 g/mol. The van der Waals surface area contributed by atoms with Gasteiger partial charge in [-0.3, -0.25) is 0 Å². The topological polar surface area (TPSA) is 0 Å². The van der Waals surface area contributed by atoms with Crippen LogP contribution in [-0.2, 0) is 0 Å². The summed E-state index contributed by atoms with van der Waals surface area (Å²) in [4.78, 5) is 0. The molecule has 0 heterocycles. The first-order chi connectivity index (χ1) is 2.56. The second kappa shape index (κ2) is 0.977. The molecule has 0 aromatic heterocycles. The average Bonchev–Trinajstić information content (AvgIpc) is 1.35. The van der Waals surface area contributed by atoms with Gasteiger partial charge in [0.1, 0.15) is 0 Å². The molecule has 0 spiro atoms. The minimum absolute atomic E-state index is 0.458. The zero-order valence-corrected chi connectivity index (χ0v) is 4.15. The van der Waals surface area contributed by atoms with Crippen LogP contribution in [0.2, 0.25) is 0 Å². The van der Waals surface area contributed by atoms with Gasteiger partial charge in [-0.2, -0.15) is 0 Å². The third-order valence-electron chi connectivity index (χ3n) is 0. The second-order valence-corrected chi connectivity index (χ2v) is 2.29. The van der Waals surface area contributed by atoms with Gasteiger partial charge < -0.3 is 4.48 Å². The SMILES string of the molecule is [2H]C[N+](C)(C)C. The summed E-state index contributed by atoms with van der Waals surface area (Å²) in [7, 11) is 6.44. The van der Waals surface area contributed by atoms with E-state index in [2.05, 4.69) is 0 Å². The lowest BCUT2D eigenvalue weighted by atomic mass is 10.8. The number of quaternary nitrogens is 1. The third-order valence-corrected chi connectivity index (χ3v) is 0. The maximum absolute atomic E-state index is 6.83. The normalized spacial score (nSPS) is 14.6. The van der Waals surface area contributed by atoms with Crippen molar-refractivity contribution in [3.8, 4) is 0 Å². The highest BCUT2D eigenvalue weighted by Crippen LogP contribution is 1.73. The van der Waals surface area contributed by atoms with Crippen molar-refractivity contribution in [3.05, 3.63) is 0 Å². The molecular formula is C4H12N+. The summed E-state index contributed by atoms with van der Waals surface area (Å²) in [5.41, 5.74) is 0. The predicted octanol–water partition coefficient (Wildman–Crippen LogP) is 0.322. The van der Waals surface area contributed by atoms with Crippen LogP contribution in [-0.4, -0.2) is 32.6 Å². The van der Waals surface area contributed by atoms with Crippen molar-refractivity contribution in [1.82, 2.24) is 0 Å². The van der Waals surface area contributed by atoms with Crippen molar-refractivity contribution in [3.63, 3.8) is 0 Å². The number of rotatable bonds is 0. The van der Waals surface area contributed by atoms with Crippen LogP contribution in [0.25, 0.3) is 0 Å². The Morgan fingerprint density at radius 2 is 1.60 bits per heavy atom. The first-order valence-corrected chi connectivity index (χ1v) is 1.66. The fourth-order valence-electron chi connectivity index (χ4n) is 0. The van der Waals surface area contributed by atoms with E-state index in [1.54, 1.807) is 0 Å². The van der Waals surface area contributed by atoms with Crippen LogP contribution >= 0.6 is 0 Å². The van der Waals surface area contributed by atoms with Crippen LogP contribution in [0, 0.1) is 0 Å². The summed E-state index contributed by atoms with van der Waals surface area (Å²) in [6, 6.07) is 0. The Bertz CT molecular complexity index is 37.3. The van der Waals surface area contributed by atoms with Crippen molar-refractivity contribution in [2.45, 2.75) is 0 Å². The van der Waals surface area contributed by atoms with Crippen molar-refractivity contribution in [2.24, 2.45) is 0 Å². The van der Waals surface area contributed by atoms with Crippen molar-refractivity contribution < 1.29 is 5.85 Å². The van der Waals surface area contributed by atoms with Crippen molar-refractivity contribution in [2.75, 3.05) is 28.2 Å². The molecule has 0 unspecified atom stereocenters. The summed E-state index contributed by atoms with van der Waals surface area (Å²) < 4.78 is 7.56. The van der Waals surface area contributed by atoms with E-state index >= 15 is 0 Å². The number of nitrogens with zero attached hydrogens (tertiary/aromatic N) is 1. The highest BCUT2D eigenvalue weighted by Gasteiger charge is 1.88. The second-order valence-electron chi connectivity index (χ2n) is 2.29. The van der Waals surface area contributed by atoms with E-state index in [9.17, 15) is 0 Å². The van der Waals surface area contributed by atoms with E-state index in [0.29, 0.717) is 7.02 Å². The van der Waals surface area contributed by atoms with Gasteiger partial charge in [0, 0.05) is 0 Å². The fourth-order valence-corrected chi connectivity index (χ4v) is 0. The fraction of sp³-hybridized carbons (Fsp3) is 1.00. The molecular weight excluding hydrogens is 62.1 g/mol. The van der Waals surface area contributed by atoms with E-state index in [1.165, 1.54) is 0 Å². The Hall–Kier alpha value is -0.0400. The minimum atomic E-state index is 0.458. The summed E-state index contributed by atoms with van der Waals surface area (Å²) in [6.07, 6.45) is 0. The average molecular weight is 75.2 g/mol. The Balaban J connectivity index is 3.17. The van der Waals surface area contributed by atoms with Gasteiger partial charge in [-0.25, -0.2) is 0 Å². The van der Waals surface area contributed by atoms with Crippen LogP contribution in [0.1, 0.15) is 1.37 Å². The quantitative estimate of drug-likeness (QED) is 0.364. The van der Waals surface area contributed by atoms with Gasteiger partial charge in [0.05, 0.1) is 29.5 Å². The molecule has 0 aliphatic heterocycles. The maximum Gasteiger partial charge on any atom is 0.0886 e. The molecule has 0 aromatic rings. The van der Waals surface area contributed by atoms with Gasteiger partial charge in [-0.1, -0.05) is 0 Å². The van der Waals surface area contributed by atoms with Crippen LogP contribution in [0.15, 0.2) is 0 Å². The molecule has 0 aliphatic rings. The maximum atomic E-state index is 6.83. The molecule has 5 heavy (non-hydrogen) atoms. The zero-order chi connectivity index (χ0) is 5.21. The first kappa shape index (κ1) is 3.16. The Morgan fingerprint density at radius 3 is 1.60 bits per heavy atom. The minimum Gasteiger partial charge on any atom is -0.333 e. The summed E-state index contributed by atoms with van der Waals surface area (Å²) in [6.45, 7) is 0. The highest BCUT2D eigenvalue weighted by atomic mass is 15.2. The van der Waals surface area contributed by atoms with E-state index in [0.717, 1.165) is 4.48 Å². The highest BCUT2D eigenvalue weighted by molar-refractivity contribution is 3.87. The third kappa shape index (κ3) is 9510. The molecule has 0 atom stereocenters. The van der Waals surface area contributed by atoms with Gasteiger partial charge in [0.2, 0.25) is 0 Å². The molecule has 0 saturated carbocycles. The molecule has 0 amide bonds. The molecule has 0 radical (unpaired) electrons. The standard InChI is InChI=1S/C4H12N/c1-5(2,3)4/h1-4H3/q+1/i1D. The predicted molar refractivity (Wildman–Crippen MR) is 24.0 cm³/mol. The van der Waals surface area contributed by atoms with E-state index in [1.807, 2.05) is 21.1 Å². The van der Waals surface area contributed by atoms with Crippen LogP contribution < -0.4 is 0 Å². The van der Waals surface area contributed by atoms with E-state index < -0.39 is 0 Å². The van der Waals surface area contributed by atoms with Crippen LogP contribution in [0.5, 0.6) is 0 Å². The number of hydrogen-bond donors (Lipinski definition) is 0. The largest absolute Gasteiger partial charge is 0.333 e. The first-order valence-electron chi connectivity index (χ1n) is 2.36. The lowest BCUT2D eigenvalue weighted by molar-refractivity contribution is -0.849. The summed E-state index contributed by atoms with van der Waals surface area (Å²) in [5, 5.41) is 0. The van der Waals surface area contributed by atoms with Crippen molar-refractivity contribution >= 4 is 0 Å². The van der Waals surface area contributed by atoms with Gasteiger partial charge >= 0.3 is 0 Å². The molecule has 32 valence electrons.